The van der Waals surface area contributed by atoms with Gasteiger partial charge in [-0.3, -0.25) is 4.90 Å². The van der Waals surface area contributed by atoms with Gasteiger partial charge in [0.1, 0.15) is 6.61 Å². The van der Waals surface area contributed by atoms with E-state index in [0.29, 0.717) is 12.0 Å². The molecule has 0 aliphatic carbocycles. The van der Waals surface area contributed by atoms with Crippen LogP contribution in [-0.4, -0.2) is 23.1 Å². The lowest BCUT2D eigenvalue weighted by Gasteiger charge is -2.44. The highest BCUT2D eigenvalue weighted by Crippen LogP contribution is 2.37. The molecule has 1 amide bonds. The first kappa shape index (κ1) is 17.7. The van der Waals surface area contributed by atoms with Crippen LogP contribution in [0.5, 0.6) is 0 Å². The van der Waals surface area contributed by atoms with Gasteiger partial charge in [0, 0.05) is 6.04 Å². The van der Waals surface area contributed by atoms with E-state index < -0.39 is 11.6 Å². The minimum Gasteiger partial charge on any atom is -0.445 e. The molecule has 2 atom stereocenters. The first-order valence-electron chi connectivity index (χ1n) is 9.27. The number of hydrogen-bond acceptors (Lipinski definition) is 2. The lowest BCUT2D eigenvalue weighted by Crippen LogP contribution is -2.51. The van der Waals surface area contributed by atoms with Crippen molar-refractivity contribution in [2.45, 2.75) is 44.4 Å². The maximum absolute atomic E-state index is 13.6. The topological polar surface area (TPSA) is 29.5 Å². The maximum atomic E-state index is 13.6. The van der Waals surface area contributed by atoms with Gasteiger partial charge in [0.15, 0.2) is 11.6 Å². The molecule has 0 spiro atoms. The molecule has 2 aromatic rings. The van der Waals surface area contributed by atoms with Crippen molar-refractivity contribution in [2.24, 2.45) is 0 Å². The number of halogens is 2. The number of nitrogens with zero attached hydrogens (tertiary/aromatic N) is 1. The van der Waals surface area contributed by atoms with Crippen LogP contribution in [0.25, 0.3) is 5.57 Å². The number of hydrogen-bond donors (Lipinski definition) is 0. The Labute approximate surface area is 157 Å². The quantitative estimate of drug-likeness (QED) is 0.734. The van der Waals surface area contributed by atoms with Crippen LogP contribution in [0, 0.1) is 11.6 Å². The van der Waals surface area contributed by atoms with E-state index >= 15 is 0 Å². The summed E-state index contributed by atoms with van der Waals surface area (Å²) >= 11 is 0. The highest BCUT2D eigenvalue weighted by Gasteiger charge is 2.38. The lowest BCUT2D eigenvalue weighted by atomic mass is 9.83. The van der Waals surface area contributed by atoms with Crippen LogP contribution in [0.4, 0.5) is 13.6 Å². The standard InChI is InChI=1S/C22H21F2NO2/c23-20-10-9-16(13-21(20)24)17-11-18-7-4-8-19(12-17)25(18)22(26)27-14-15-5-2-1-3-6-15/h1-3,5-6,9-11,13,18-19H,4,7-8,12,14H2. The molecular formula is C22H21F2NO2. The van der Waals surface area contributed by atoms with Gasteiger partial charge in [-0.2, -0.15) is 0 Å². The van der Waals surface area contributed by atoms with Crippen LogP contribution in [-0.2, 0) is 11.3 Å². The molecule has 1 saturated heterocycles. The minimum atomic E-state index is -0.846. The van der Waals surface area contributed by atoms with Crippen molar-refractivity contribution in [3.05, 3.63) is 77.4 Å². The Morgan fingerprint density at radius 1 is 1.07 bits per heavy atom. The lowest BCUT2D eigenvalue weighted by molar-refractivity contribution is 0.0510. The predicted molar refractivity (Wildman–Crippen MR) is 98.8 cm³/mol. The summed E-state index contributed by atoms with van der Waals surface area (Å²) in [4.78, 5) is 14.5. The van der Waals surface area contributed by atoms with E-state index in [4.69, 9.17) is 4.74 Å². The second-order valence-corrected chi connectivity index (χ2v) is 7.12. The summed E-state index contributed by atoms with van der Waals surface area (Å²) in [6.45, 7) is 0.245. The molecule has 2 aromatic carbocycles. The molecule has 2 unspecified atom stereocenters. The van der Waals surface area contributed by atoms with Gasteiger partial charge in [0.25, 0.3) is 0 Å². The van der Waals surface area contributed by atoms with Gasteiger partial charge in [-0.25, -0.2) is 13.6 Å². The third-order valence-corrected chi connectivity index (χ3v) is 5.34. The molecule has 1 fully saturated rings. The number of fused-ring (bicyclic) bond motifs is 2. The molecule has 5 heteroatoms. The van der Waals surface area contributed by atoms with E-state index in [1.807, 2.05) is 41.3 Å². The normalized spacial score (nSPS) is 21.6. The fourth-order valence-corrected chi connectivity index (χ4v) is 4.02. The SMILES string of the molecule is O=C(OCc1ccccc1)N1C2C=C(c3ccc(F)c(F)c3)CC1CCC2. The summed E-state index contributed by atoms with van der Waals surface area (Å²) in [5, 5.41) is 0. The van der Waals surface area contributed by atoms with E-state index in [2.05, 4.69) is 0 Å². The average molecular weight is 369 g/mol. The fourth-order valence-electron chi connectivity index (χ4n) is 4.02. The zero-order valence-corrected chi connectivity index (χ0v) is 14.9. The first-order valence-corrected chi connectivity index (χ1v) is 9.27. The highest BCUT2D eigenvalue weighted by atomic mass is 19.2. The second-order valence-electron chi connectivity index (χ2n) is 7.12. The number of rotatable bonds is 3. The molecule has 27 heavy (non-hydrogen) atoms. The average Bonchev–Trinajstić information content (AvgIpc) is 2.68. The molecule has 3 nitrogen and oxygen atoms in total. The molecule has 2 heterocycles. The number of carbonyl (C=O) groups excluding carboxylic acids is 1. The summed E-state index contributed by atoms with van der Waals surface area (Å²) in [5.41, 5.74) is 2.60. The smallest absolute Gasteiger partial charge is 0.410 e. The monoisotopic (exact) mass is 369 g/mol. The Morgan fingerprint density at radius 3 is 2.63 bits per heavy atom. The predicted octanol–water partition coefficient (Wildman–Crippen LogP) is 5.31. The summed E-state index contributed by atoms with van der Waals surface area (Å²) < 4.78 is 32.4. The molecule has 2 bridgehead atoms. The third-order valence-electron chi connectivity index (χ3n) is 5.34. The van der Waals surface area contributed by atoms with Gasteiger partial charge in [0.2, 0.25) is 0 Å². The van der Waals surface area contributed by atoms with Crippen molar-refractivity contribution in [1.29, 1.82) is 0 Å². The molecular weight excluding hydrogens is 348 g/mol. The van der Waals surface area contributed by atoms with Gasteiger partial charge < -0.3 is 4.74 Å². The number of carbonyl (C=O) groups is 1. The van der Waals surface area contributed by atoms with Crippen LogP contribution in [0.3, 0.4) is 0 Å². The van der Waals surface area contributed by atoms with Crippen molar-refractivity contribution in [2.75, 3.05) is 0 Å². The van der Waals surface area contributed by atoms with Gasteiger partial charge in [-0.05, 0) is 54.5 Å². The van der Waals surface area contributed by atoms with Gasteiger partial charge >= 0.3 is 6.09 Å². The molecule has 0 saturated carbocycles. The van der Waals surface area contributed by atoms with Crippen LogP contribution in [0.2, 0.25) is 0 Å². The Hall–Kier alpha value is -2.69. The Balaban J connectivity index is 1.51. The van der Waals surface area contributed by atoms with Crippen molar-refractivity contribution in [3.63, 3.8) is 0 Å². The molecule has 0 N–H and O–H groups in total. The van der Waals surface area contributed by atoms with Gasteiger partial charge in [-0.15, -0.1) is 0 Å². The van der Waals surface area contributed by atoms with E-state index in [0.717, 1.165) is 36.5 Å². The van der Waals surface area contributed by atoms with Crippen LogP contribution >= 0.6 is 0 Å². The van der Waals surface area contributed by atoms with Crippen LogP contribution in [0.1, 0.15) is 36.8 Å². The molecule has 4 rings (SSSR count). The number of amides is 1. The first-order chi connectivity index (χ1) is 13.1. The molecule has 2 aliphatic rings. The Bertz CT molecular complexity index is 866. The number of piperidine rings is 1. The minimum absolute atomic E-state index is 0.0279. The van der Waals surface area contributed by atoms with E-state index in [1.54, 1.807) is 6.07 Å². The van der Waals surface area contributed by atoms with Gasteiger partial charge in [0.05, 0.1) is 6.04 Å². The maximum Gasteiger partial charge on any atom is 0.410 e. The van der Waals surface area contributed by atoms with E-state index in [-0.39, 0.29) is 24.8 Å². The van der Waals surface area contributed by atoms with E-state index in [9.17, 15) is 13.6 Å². The molecule has 0 radical (unpaired) electrons. The largest absolute Gasteiger partial charge is 0.445 e. The van der Waals surface area contributed by atoms with Crippen molar-refractivity contribution >= 4 is 11.7 Å². The van der Waals surface area contributed by atoms with Crippen molar-refractivity contribution < 1.29 is 18.3 Å². The highest BCUT2D eigenvalue weighted by molar-refractivity contribution is 5.74. The van der Waals surface area contributed by atoms with Gasteiger partial charge in [-0.1, -0.05) is 42.5 Å². The summed E-state index contributed by atoms with van der Waals surface area (Å²) in [6.07, 6.45) is 5.10. The Kier molecular flexibility index (Phi) is 4.92. The Morgan fingerprint density at radius 2 is 1.89 bits per heavy atom. The van der Waals surface area contributed by atoms with Crippen molar-refractivity contribution in [1.82, 2.24) is 4.90 Å². The molecule has 0 aromatic heterocycles. The summed E-state index contributed by atoms with van der Waals surface area (Å²) in [6, 6.07) is 13.5. The summed E-state index contributed by atoms with van der Waals surface area (Å²) in [5.74, 6) is -1.69. The molecule has 2 aliphatic heterocycles. The number of benzene rings is 2. The third kappa shape index (κ3) is 3.72. The zero-order chi connectivity index (χ0) is 18.8. The van der Waals surface area contributed by atoms with E-state index in [1.165, 1.54) is 6.07 Å². The molecule has 140 valence electrons. The number of ether oxygens (including phenoxy) is 1. The zero-order valence-electron chi connectivity index (χ0n) is 14.9. The van der Waals surface area contributed by atoms with Crippen molar-refractivity contribution in [3.8, 4) is 0 Å². The van der Waals surface area contributed by atoms with Crippen LogP contribution in [0.15, 0.2) is 54.6 Å². The second kappa shape index (κ2) is 7.51. The summed E-state index contributed by atoms with van der Waals surface area (Å²) in [7, 11) is 0. The fraction of sp³-hybridized carbons (Fsp3) is 0.318. The van der Waals surface area contributed by atoms with Crippen LogP contribution < -0.4 is 0 Å².